The molecule has 1 fully saturated rings. The molecular formula is C14H22N4O. The number of carbonyl (C=O) groups is 1. The van der Waals surface area contributed by atoms with Crippen LogP contribution in [0.3, 0.4) is 0 Å². The van der Waals surface area contributed by atoms with Crippen molar-refractivity contribution in [2.24, 2.45) is 0 Å². The van der Waals surface area contributed by atoms with Crippen LogP contribution in [0.4, 0.5) is 11.4 Å². The number of hydrogen-bond acceptors (Lipinski definition) is 4. The van der Waals surface area contributed by atoms with Crippen LogP contribution in [0.25, 0.3) is 0 Å². The summed E-state index contributed by atoms with van der Waals surface area (Å²) in [7, 11) is 4.00. The van der Waals surface area contributed by atoms with Gasteiger partial charge < -0.3 is 15.5 Å². The van der Waals surface area contributed by atoms with Crippen molar-refractivity contribution < 1.29 is 4.79 Å². The van der Waals surface area contributed by atoms with E-state index in [2.05, 4.69) is 15.5 Å². The average Bonchev–Trinajstić information content (AvgIpc) is 2.40. The number of carbonyl (C=O) groups excluding carboxylic acids is 1. The first-order valence-electron chi connectivity index (χ1n) is 6.65. The van der Waals surface area contributed by atoms with Crippen molar-refractivity contribution in [3.05, 3.63) is 24.3 Å². The van der Waals surface area contributed by atoms with Gasteiger partial charge in [-0.1, -0.05) is 0 Å². The second-order valence-corrected chi connectivity index (χ2v) is 5.02. The molecule has 0 atom stereocenters. The first-order valence-corrected chi connectivity index (χ1v) is 6.65. The van der Waals surface area contributed by atoms with Gasteiger partial charge in [0, 0.05) is 51.6 Å². The average molecular weight is 262 g/mol. The van der Waals surface area contributed by atoms with Gasteiger partial charge in [0.25, 0.3) is 0 Å². The SMILES string of the molecule is CN(C)c1ccc(NC(=O)CN2CCNCC2)cc1. The van der Waals surface area contributed by atoms with Gasteiger partial charge in [-0.15, -0.1) is 0 Å². The Balaban J connectivity index is 1.84. The highest BCUT2D eigenvalue weighted by molar-refractivity contribution is 5.92. The molecule has 1 aromatic carbocycles. The number of nitrogens with one attached hydrogen (secondary N) is 2. The zero-order valence-electron chi connectivity index (χ0n) is 11.6. The molecule has 1 saturated heterocycles. The van der Waals surface area contributed by atoms with Crippen molar-refractivity contribution in [3.8, 4) is 0 Å². The maximum absolute atomic E-state index is 11.9. The highest BCUT2D eigenvalue weighted by Crippen LogP contribution is 2.15. The van der Waals surface area contributed by atoms with E-state index in [1.165, 1.54) is 0 Å². The second-order valence-electron chi connectivity index (χ2n) is 5.02. The maximum Gasteiger partial charge on any atom is 0.238 e. The first-order chi connectivity index (χ1) is 9.15. The fourth-order valence-corrected chi connectivity index (χ4v) is 2.12. The van der Waals surface area contributed by atoms with Crippen molar-refractivity contribution in [2.45, 2.75) is 0 Å². The molecule has 1 aliphatic heterocycles. The van der Waals surface area contributed by atoms with Crippen molar-refractivity contribution in [3.63, 3.8) is 0 Å². The van der Waals surface area contributed by atoms with Gasteiger partial charge in [0.1, 0.15) is 0 Å². The van der Waals surface area contributed by atoms with Crippen LogP contribution in [0.2, 0.25) is 0 Å². The fourth-order valence-electron chi connectivity index (χ4n) is 2.12. The van der Waals surface area contributed by atoms with Gasteiger partial charge in [-0.3, -0.25) is 9.69 Å². The summed E-state index contributed by atoms with van der Waals surface area (Å²) < 4.78 is 0. The van der Waals surface area contributed by atoms with Crippen molar-refractivity contribution in [1.82, 2.24) is 10.2 Å². The van der Waals surface area contributed by atoms with Gasteiger partial charge in [-0.25, -0.2) is 0 Å². The number of piperazine rings is 1. The molecule has 0 radical (unpaired) electrons. The van der Waals surface area contributed by atoms with Crippen LogP contribution >= 0.6 is 0 Å². The molecule has 0 spiro atoms. The molecule has 5 heteroatoms. The first kappa shape index (κ1) is 13.8. The molecule has 19 heavy (non-hydrogen) atoms. The molecule has 1 aromatic rings. The van der Waals surface area contributed by atoms with Crippen molar-refractivity contribution in [2.75, 3.05) is 57.0 Å². The monoisotopic (exact) mass is 262 g/mol. The third-order valence-electron chi connectivity index (χ3n) is 3.24. The van der Waals surface area contributed by atoms with E-state index in [1.54, 1.807) is 0 Å². The smallest absolute Gasteiger partial charge is 0.238 e. The van der Waals surface area contributed by atoms with E-state index in [0.717, 1.165) is 37.6 Å². The van der Waals surface area contributed by atoms with E-state index in [9.17, 15) is 4.79 Å². The lowest BCUT2D eigenvalue weighted by Crippen LogP contribution is -2.46. The molecule has 2 N–H and O–H groups in total. The summed E-state index contributed by atoms with van der Waals surface area (Å²) >= 11 is 0. The van der Waals surface area contributed by atoms with E-state index in [1.807, 2.05) is 43.3 Å². The number of rotatable bonds is 4. The standard InChI is InChI=1S/C14H22N4O/c1-17(2)13-5-3-12(4-6-13)16-14(19)11-18-9-7-15-8-10-18/h3-6,15H,7-11H2,1-2H3,(H,16,19). The summed E-state index contributed by atoms with van der Waals surface area (Å²) in [5, 5.41) is 6.21. The lowest BCUT2D eigenvalue weighted by atomic mass is 10.2. The summed E-state index contributed by atoms with van der Waals surface area (Å²) in [5.41, 5.74) is 1.98. The number of benzene rings is 1. The van der Waals surface area contributed by atoms with E-state index in [0.29, 0.717) is 6.54 Å². The van der Waals surface area contributed by atoms with Gasteiger partial charge >= 0.3 is 0 Å². The number of anilines is 2. The molecule has 0 saturated carbocycles. The predicted molar refractivity (Wildman–Crippen MR) is 78.7 cm³/mol. The zero-order chi connectivity index (χ0) is 13.7. The lowest BCUT2D eigenvalue weighted by Gasteiger charge is -2.26. The summed E-state index contributed by atoms with van der Waals surface area (Å²) in [6.07, 6.45) is 0. The fraction of sp³-hybridized carbons (Fsp3) is 0.500. The quantitative estimate of drug-likeness (QED) is 0.834. The Bertz CT molecular complexity index is 410. The van der Waals surface area contributed by atoms with Gasteiger partial charge in [0.05, 0.1) is 6.54 Å². The molecule has 0 bridgehead atoms. The van der Waals surface area contributed by atoms with Gasteiger partial charge in [-0.2, -0.15) is 0 Å². The van der Waals surface area contributed by atoms with Crippen LogP contribution in [0.5, 0.6) is 0 Å². The van der Waals surface area contributed by atoms with Crippen LogP contribution in [0.1, 0.15) is 0 Å². The van der Waals surface area contributed by atoms with E-state index in [4.69, 9.17) is 0 Å². The Labute approximate surface area is 114 Å². The normalized spacial score (nSPS) is 16.1. The van der Waals surface area contributed by atoms with E-state index >= 15 is 0 Å². The number of amides is 1. The summed E-state index contributed by atoms with van der Waals surface area (Å²) in [6.45, 7) is 4.27. The molecule has 2 rings (SSSR count). The van der Waals surface area contributed by atoms with Crippen LogP contribution in [-0.2, 0) is 4.79 Å². The molecule has 5 nitrogen and oxygen atoms in total. The Morgan fingerprint density at radius 1 is 1.26 bits per heavy atom. The minimum Gasteiger partial charge on any atom is -0.378 e. The van der Waals surface area contributed by atoms with Crippen LogP contribution in [0, 0.1) is 0 Å². The molecular weight excluding hydrogens is 240 g/mol. The maximum atomic E-state index is 11.9. The lowest BCUT2D eigenvalue weighted by molar-refractivity contribution is -0.117. The second kappa shape index (κ2) is 6.54. The summed E-state index contributed by atoms with van der Waals surface area (Å²) in [5.74, 6) is 0.0551. The van der Waals surface area contributed by atoms with Crippen molar-refractivity contribution in [1.29, 1.82) is 0 Å². The summed E-state index contributed by atoms with van der Waals surface area (Å²) in [6, 6.07) is 7.87. The Morgan fingerprint density at radius 2 is 1.89 bits per heavy atom. The van der Waals surface area contributed by atoms with Gasteiger partial charge in [0.15, 0.2) is 0 Å². The van der Waals surface area contributed by atoms with Crippen LogP contribution in [-0.4, -0.2) is 57.6 Å². The molecule has 0 unspecified atom stereocenters. The largest absolute Gasteiger partial charge is 0.378 e. The molecule has 1 heterocycles. The van der Waals surface area contributed by atoms with Crippen molar-refractivity contribution >= 4 is 17.3 Å². The third-order valence-corrected chi connectivity index (χ3v) is 3.24. The number of hydrogen-bond donors (Lipinski definition) is 2. The topological polar surface area (TPSA) is 47.6 Å². The third kappa shape index (κ3) is 4.22. The van der Waals surface area contributed by atoms with Gasteiger partial charge in [0.2, 0.25) is 5.91 Å². The summed E-state index contributed by atoms with van der Waals surface area (Å²) in [4.78, 5) is 16.1. The molecule has 0 aromatic heterocycles. The zero-order valence-corrected chi connectivity index (χ0v) is 11.6. The molecule has 1 aliphatic rings. The highest BCUT2D eigenvalue weighted by Gasteiger charge is 2.13. The predicted octanol–water partition coefficient (Wildman–Crippen LogP) is 0.596. The van der Waals surface area contributed by atoms with E-state index in [-0.39, 0.29) is 5.91 Å². The minimum atomic E-state index is 0.0551. The Morgan fingerprint density at radius 3 is 2.47 bits per heavy atom. The molecule has 0 aliphatic carbocycles. The molecule has 104 valence electrons. The Kier molecular flexibility index (Phi) is 4.76. The minimum absolute atomic E-state index is 0.0551. The number of nitrogens with zero attached hydrogens (tertiary/aromatic N) is 2. The highest BCUT2D eigenvalue weighted by atomic mass is 16.2. The molecule has 1 amide bonds. The Hall–Kier alpha value is -1.59. The van der Waals surface area contributed by atoms with Crippen LogP contribution < -0.4 is 15.5 Å². The van der Waals surface area contributed by atoms with Gasteiger partial charge in [-0.05, 0) is 24.3 Å². The van der Waals surface area contributed by atoms with E-state index < -0.39 is 0 Å². The van der Waals surface area contributed by atoms with Crippen LogP contribution in [0.15, 0.2) is 24.3 Å².